The number of ether oxygens (including phenoxy) is 2. The Labute approximate surface area is 194 Å². The van der Waals surface area contributed by atoms with Crippen molar-refractivity contribution in [2.24, 2.45) is 5.92 Å². The maximum absolute atomic E-state index is 8.89. The lowest BCUT2D eigenvalue weighted by atomic mass is 9.96. The van der Waals surface area contributed by atoms with Crippen LogP contribution in [0.3, 0.4) is 0 Å². The van der Waals surface area contributed by atoms with Gasteiger partial charge in [0.25, 0.3) is 0 Å². The van der Waals surface area contributed by atoms with Gasteiger partial charge in [-0.05, 0) is 67.9 Å². The molecule has 2 aromatic carbocycles. The van der Waals surface area contributed by atoms with Crippen LogP contribution in [0.15, 0.2) is 42.7 Å². The van der Waals surface area contributed by atoms with Crippen molar-refractivity contribution in [1.29, 1.82) is 5.41 Å². The molecule has 174 valence electrons. The summed E-state index contributed by atoms with van der Waals surface area (Å²) in [6.45, 7) is 4.08. The summed E-state index contributed by atoms with van der Waals surface area (Å²) in [5, 5.41) is 14.4. The number of nitrogens with one attached hydrogen (secondary N) is 2. The molecule has 1 fully saturated rings. The van der Waals surface area contributed by atoms with E-state index in [9.17, 15) is 0 Å². The SMILES string of the molecule is COCCOc1ccc2cc(C(=N)c3c(N)ncnc3NCC3CCN(C)CC3)ccc2c1. The van der Waals surface area contributed by atoms with Crippen LogP contribution in [0, 0.1) is 11.3 Å². The summed E-state index contributed by atoms with van der Waals surface area (Å²) >= 11 is 0. The molecule has 1 aromatic heterocycles. The van der Waals surface area contributed by atoms with Gasteiger partial charge >= 0.3 is 0 Å². The standard InChI is InChI=1S/C25H32N6O2/c1-31-9-7-17(8-10-31)15-28-25-22(24(27)29-16-30-25)23(26)20-4-3-19-14-21(33-12-11-32-2)6-5-18(19)13-20/h3-6,13-14,16-17,26H,7-12,15H2,1-2H3,(H3,27,28,29,30). The number of fused-ring (bicyclic) bond motifs is 1. The van der Waals surface area contributed by atoms with E-state index >= 15 is 0 Å². The first-order valence-electron chi connectivity index (χ1n) is 11.3. The summed E-state index contributed by atoms with van der Waals surface area (Å²) in [6, 6.07) is 11.8. The van der Waals surface area contributed by atoms with Crippen LogP contribution in [0.2, 0.25) is 0 Å². The molecule has 0 amide bonds. The third kappa shape index (κ3) is 5.58. The molecule has 0 aliphatic carbocycles. The summed E-state index contributed by atoms with van der Waals surface area (Å²) < 4.78 is 10.7. The van der Waals surface area contributed by atoms with Gasteiger partial charge in [0.1, 0.15) is 30.3 Å². The molecule has 1 aliphatic rings. The van der Waals surface area contributed by atoms with Crippen LogP contribution in [-0.4, -0.2) is 67.6 Å². The summed E-state index contributed by atoms with van der Waals surface area (Å²) in [5.41, 5.74) is 7.83. The summed E-state index contributed by atoms with van der Waals surface area (Å²) in [6.07, 6.45) is 3.76. The highest BCUT2D eigenvalue weighted by Crippen LogP contribution is 2.27. The van der Waals surface area contributed by atoms with Gasteiger partial charge in [0.15, 0.2) is 0 Å². The zero-order chi connectivity index (χ0) is 23.2. The molecular weight excluding hydrogens is 416 g/mol. The van der Waals surface area contributed by atoms with Crippen molar-refractivity contribution in [3.8, 4) is 5.75 Å². The Morgan fingerprint density at radius 1 is 1.12 bits per heavy atom. The highest BCUT2D eigenvalue weighted by atomic mass is 16.5. The second kappa shape index (κ2) is 10.6. The van der Waals surface area contributed by atoms with E-state index in [0.717, 1.165) is 54.6 Å². The van der Waals surface area contributed by atoms with E-state index in [1.165, 1.54) is 6.33 Å². The Morgan fingerprint density at radius 2 is 1.88 bits per heavy atom. The number of methoxy groups -OCH3 is 1. The number of nitrogens with two attached hydrogens (primary N) is 1. The number of rotatable bonds is 9. The van der Waals surface area contributed by atoms with E-state index in [2.05, 4.69) is 27.2 Å². The molecule has 0 atom stereocenters. The molecule has 8 heteroatoms. The minimum Gasteiger partial charge on any atom is -0.491 e. The number of nitrogen functional groups attached to an aromatic ring is 1. The summed E-state index contributed by atoms with van der Waals surface area (Å²) in [7, 11) is 3.81. The fraction of sp³-hybridized carbons (Fsp3) is 0.400. The maximum Gasteiger partial charge on any atom is 0.141 e. The van der Waals surface area contributed by atoms with Gasteiger partial charge in [-0.25, -0.2) is 9.97 Å². The molecule has 0 saturated carbocycles. The topological polar surface area (TPSA) is 109 Å². The fourth-order valence-electron chi connectivity index (χ4n) is 4.14. The molecule has 8 nitrogen and oxygen atoms in total. The Balaban J connectivity index is 1.52. The molecule has 33 heavy (non-hydrogen) atoms. The minimum atomic E-state index is 0.307. The normalized spacial score (nSPS) is 15.0. The number of nitrogens with zero attached hydrogens (tertiary/aromatic N) is 3. The molecule has 0 unspecified atom stereocenters. The second-order valence-electron chi connectivity index (χ2n) is 8.55. The average Bonchev–Trinajstić information content (AvgIpc) is 2.83. The average molecular weight is 449 g/mol. The number of piperidine rings is 1. The molecular formula is C25H32N6O2. The fourth-order valence-corrected chi connectivity index (χ4v) is 4.14. The lowest BCUT2D eigenvalue weighted by molar-refractivity contribution is 0.146. The van der Waals surface area contributed by atoms with Gasteiger partial charge in [0.05, 0.1) is 17.9 Å². The van der Waals surface area contributed by atoms with Crippen LogP contribution in [0.25, 0.3) is 10.8 Å². The van der Waals surface area contributed by atoms with Crippen LogP contribution < -0.4 is 15.8 Å². The first kappa shape index (κ1) is 22.9. The zero-order valence-electron chi connectivity index (χ0n) is 19.3. The molecule has 2 heterocycles. The smallest absolute Gasteiger partial charge is 0.141 e. The number of likely N-dealkylation sites (tertiary alicyclic amines) is 1. The minimum absolute atomic E-state index is 0.307. The third-order valence-electron chi connectivity index (χ3n) is 6.18. The lowest BCUT2D eigenvalue weighted by Crippen LogP contribution is -2.33. The van der Waals surface area contributed by atoms with Crippen LogP contribution >= 0.6 is 0 Å². The molecule has 0 bridgehead atoms. The van der Waals surface area contributed by atoms with Crippen molar-refractivity contribution < 1.29 is 9.47 Å². The molecule has 4 rings (SSSR count). The monoisotopic (exact) mass is 448 g/mol. The van der Waals surface area contributed by atoms with E-state index in [0.29, 0.717) is 42.0 Å². The van der Waals surface area contributed by atoms with Crippen molar-refractivity contribution >= 4 is 28.1 Å². The van der Waals surface area contributed by atoms with Crippen molar-refractivity contribution in [2.45, 2.75) is 12.8 Å². The summed E-state index contributed by atoms with van der Waals surface area (Å²) in [5.74, 6) is 2.31. The van der Waals surface area contributed by atoms with E-state index in [4.69, 9.17) is 20.6 Å². The number of hydrogen-bond acceptors (Lipinski definition) is 8. The van der Waals surface area contributed by atoms with Gasteiger partial charge in [0, 0.05) is 19.2 Å². The lowest BCUT2D eigenvalue weighted by Gasteiger charge is -2.29. The highest BCUT2D eigenvalue weighted by molar-refractivity contribution is 6.17. The predicted molar refractivity (Wildman–Crippen MR) is 132 cm³/mol. The molecule has 4 N–H and O–H groups in total. The number of hydrogen-bond donors (Lipinski definition) is 3. The summed E-state index contributed by atoms with van der Waals surface area (Å²) in [4.78, 5) is 10.9. The Morgan fingerprint density at radius 3 is 2.67 bits per heavy atom. The Hall–Kier alpha value is -3.23. The van der Waals surface area contributed by atoms with Crippen molar-refractivity contribution in [3.05, 3.63) is 53.9 Å². The molecule has 0 radical (unpaired) electrons. The van der Waals surface area contributed by atoms with Gasteiger partial charge in [-0.2, -0.15) is 0 Å². The first-order valence-corrected chi connectivity index (χ1v) is 11.3. The van der Waals surface area contributed by atoms with Crippen molar-refractivity contribution in [3.63, 3.8) is 0 Å². The third-order valence-corrected chi connectivity index (χ3v) is 6.18. The van der Waals surface area contributed by atoms with Crippen LogP contribution in [0.4, 0.5) is 11.6 Å². The zero-order valence-corrected chi connectivity index (χ0v) is 19.3. The van der Waals surface area contributed by atoms with Gasteiger partial charge in [0.2, 0.25) is 0 Å². The Bertz CT molecular complexity index is 1110. The largest absolute Gasteiger partial charge is 0.491 e. The first-order chi connectivity index (χ1) is 16.0. The highest BCUT2D eigenvalue weighted by Gasteiger charge is 2.20. The molecule has 0 spiro atoms. The molecule has 1 saturated heterocycles. The second-order valence-corrected chi connectivity index (χ2v) is 8.55. The quantitative estimate of drug-likeness (QED) is 0.340. The van der Waals surface area contributed by atoms with Gasteiger partial charge in [-0.3, -0.25) is 5.41 Å². The Kier molecular flexibility index (Phi) is 7.36. The molecule has 3 aromatic rings. The van der Waals surface area contributed by atoms with E-state index in [1.54, 1.807) is 7.11 Å². The van der Waals surface area contributed by atoms with E-state index in [-0.39, 0.29) is 0 Å². The van der Waals surface area contributed by atoms with Crippen molar-refractivity contribution in [2.75, 3.05) is 58.1 Å². The van der Waals surface area contributed by atoms with Gasteiger partial charge in [-0.1, -0.05) is 18.2 Å². The van der Waals surface area contributed by atoms with Crippen molar-refractivity contribution in [1.82, 2.24) is 14.9 Å². The number of anilines is 2. The number of benzene rings is 2. The van der Waals surface area contributed by atoms with Gasteiger partial charge in [-0.15, -0.1) is 0 Å². The van der Waals surface area contributed by atoms with E-state index < -0.39 is 0 Å². The van der Waals surface area contributed by atoms with Crippen LogP contribution in [0.5, 0.6) is 5.75 Å². The predicted octanol–water partition coefficient (Wildman–Crippen LogP) is 3.41. The van der Waals surface area contributed by atoms with Crippen LogP contribution in [0.1, 0.15) is 24.0 Å². The molecule has 1 aliphatic heterocycles. The van der Waals surface area contributed by atoms with E-state index in [1.807, 2.05) is 36.4 Å². The van der Waals surface area contributed by atoms with Crippen LogP contribution in [-0.2, 0) is 4.74 Å². The maximum atomic E-state index is 8.89. The number of aromatic nitrogens is 2. The van der Waals surface area contributed by atoms with Gasteiger partial charge < -0.3 is 25.4 Å².